The number of hydrogen-bond donors (Lipinski definition) is 0. The molecule has 17 heavy (non-hydrogen) atoms. The first kappa shape index (κ1) is 30.4. The van der Waals surface area contributed by atoms with Crippen LogP contribution in [-0.4, -0.2) is 16.8 Å². The maximum Gasteiger partial charge on any atom is 0 e. The van der Waals surface area contributed by atoms with E-state index in [0.29, 0.717) is 0 Å². The zero-order chi connectivity index (χ0) is 13.5. The maximum absolute atomic E-state index is 10.1. The van der Waals surface area contributed by atoms with Crippen molar-refractivity contribution in [1.29, 1.82) is 0 Å². The van der Waals surface area contributed by atoms with Gasteiger partial charge in [-0.25, -0.2) is 0 Å². The maximum atomic E-state index is 10.1. The fourth-order valence-corrected chi connectivity index (χ4v) is 0. The molecule has 109 valence electrons. The van der Waals surface area contributed by atoms with Crippen LogP contribution in [0.15, 0.2) is 0 Å². The Labute approximate surface area is 119 Å². The Morgan fingerprint density at radius 1 is 0.471 bits per heavy atom. The van der Waals surface area contributed by atoms with Gasteiger partial charge in [0, 0.05) is 18.6 Å². The fourth-order valence-electron chi connectivity index (χ4n) is 0. The summed E-state index contributed by atoms with van der Waals surface area (Å²) >= 11 is 0. The van der Waals surface area contributed by atoms with Crippen molar-refractivity contribution in [3.05, 3.63) is 0 Å². The van der Waals surface area contributed by atoms with Crippen LogP contribution in [0.2, 0.25) is 0 Å². The monoisotopic (exact) mass is 286 g/mol. The third-order valence-corrected chi connectivity index (χ3v) is 0. The molecule has 0 aliphatic heterocycles. The molecule has 4 nitrogen and oxygen atoms in total. The molecule has 0 bridgehead atoms. The van der Waals surface area contributed by atoms with E-state index in [0.717, 1.165) is 0 Å². The molecule has 0 aliphatic rings. The van der Waals surface area contributed by atoms with E-state index in [9.17, 15) is 15.3 Å². The van der Waals surface area contributed by atoms with Gasteiger partial charge in [-0.15, -0.1) is 16.8 Å². The molecule has 0 fully saturated rings. The first-order chi connectivity index (χ1) is 6.00. The molecule has 0 amide bonds. The van der Waals surface area contributed by atoms with Gasteiger partial charge in [-0.3, -0.25) is 0 Å². The first-order valence-corrected chi connectivity index (χ1v) is 5.11. The molecule has 0 aromatic rings. The van der Waals surface area contributed by atoms with Gasteiger partial charge in [0.1, 0.15) is 0 Å². The third kappa shape index (κ3) is 19000. The van der Waals surface area contributed by atoms with Gasteiger partial charge in [-0.2, -0.15) is 0 Å². The van der Waals surface area contributed by atoms with Crippen LogP contribution in [0.1, 0.15) is 62.3 Å². The summed E-state index contributed by atoms with van der Waals surface area (Å²) in [4.78, 5) is 0. The number of rotatable bonds is 0. The molecule has 0 aromatic carbocycles. The van der Waals surface area contributed by atoms with Crippen molar-refractivity contribution >= 4 is 0 Å². The van der Waals surface area contributed by atoms with Gasteiger partial charge >= 0.3 is 0 Å². The zero-order valence-corrected chi connectivity index (χ0v) is 14.0. The van der Waals surface area contributed by atoms with Crippen LogP contribution in [0, 0.1) is 0 Å². The van der Waals surface area contributed by atoms with Gasteiger partial charge in [0.05, 0.1) is 0 Å². The molecule has 0 rings (SSSR count). The molecule has 0 unspecified atom stereocenters. The van der Waals surface area contributed by atoms with Gasteiger partial charge in [0.2, 0.25) is 0 Å². The summed E-state index contributed by atoms with van der Waals surface area (Å²) in [5.41, 5.74) is -2.25. The van der Waals surface area contributed by atoms with E-state index in [4.69, 9.17) is 0 Å². The molecule has 0 heterocycles. The average Bonchev–Trinajstić information content (AvgIpc) is 1.41. The van der Waals surface area contributed by atoms with E-state index in [1.807, 2.05) is 0 Å². The molecule has 0 saturated carbocycles. The summed E-state index contributed by atoms with van der Waals surface area (Å²) in [6, 6.07) is 0. The molecule has 0 atom stereocenters. The Bertz CT molecular complexity index is 93.5. The predicted molar refractivity (Wildman–Crippen MR) is 59.9 cm³/mol. The smallest absolute Gasteiger partial charge is 0 e. The van der Waals surface area contributed by atoms with Crippen LogP contribution in [-0.2, 0) is 24.0 Å². The predicted octanol–water partition coefficient (Wildman–Crippen LogP) is 0.314. The molecule has 0 saturated heterocycles. The van der Waals surface area contributed by atoms with Gasteiger partial charge in [-0.05, 0) is 0 Å². The van der Waals surface area contributed by atoms with Crippen LogP contribution in [0.5, 0.6) is 0 Å². The largest absolute Gasteiger partial charge is 2.00 e. The first-order valence-electron chi connectivity index (χ1n) is 5.11. The van der Waals surface area contributed by atoms with Crippen LogP contribution in [0.25, 0.3) is 0 Å². The molecular formula is C12H27O4V-5. The van der Waals surface area contributed by atoms with Gasteiger partial charge in [-0.1, -0.05) is 62.3 Å². The molecule has 0 aliphatic carbocycles. The topological polar surface area (TPSA) is 97.7 Å². The van der Waals surface area contributed by atoms with Crippen molar-refractivity contribution in [2.24, 2.45) is 0 Å². The van der Waals surface area contributed by atoms with Crippen LogP contribution in [0.3, 0.4) is 0 Å². The Balaban J connectivity index is -0.0000000400. The Morgan fingerprint density at radius 3 is 0.471 bits per heavy atom. The second-order valence-electron chi connectivity index (χ2n) is 6.34. The minimum atomic E-state index is -0.750. The SMILES string of the molecule is CC(C)(C)[O-].CC(C)(C)[O-].CC(C)(C)[O-].[O-2].[V]. The molecular weight excluding hydrogens is 259 g/mol. The van der Waals surface area contributed by atoms with Crippen molar-refractivity contribution in [1.82, 2.24) is 0 Å². The fraction of sp³-hybridized carbons (Fsp3) is 1.00. The van der Waals surface area contributed by atoms with Crippen LogP contribution in [0.4, 0.5) is 0 Å². The summed E-state index contributed by atoms with van der Waals surface area (Å²) in [7, 11) is 0. The summed E-state index contributed by atoms with van der Waals surface area (Å²) in [6.45, 7) is 14.7. The van der Waals surface area contributed by atoms with E-state index in [2.05, 4.69) is 0 Å². The Hall–Kier alpha value is 0.424. The van der Waals surface area contributed by atoms with E-state index in [1.54, 1.807) is 62.3 Å². The van der Waals surface area contributed by atoms with Crippen LogP contribution >= 0.6 is 0 Å². The average molecular weight is 286 g/mol. The van der Waals surface area contributed by atoms with E-state index >= 15 is 0 Å². The summed E-state index contributed by atoms with van der Waals surface area (Å²) in [5.74, 6) is 0. The van der Waals surface area contributed by atoms with Crippen molar-refractivity contribution in [2.75, 3.05) is 0 Å². The molecule has 0 spiro atoms. The Morgan fingerprint density at radius 2 is 0.471 bits per heavy atom. The van der Waals surface area contributed by atoms with E-state index in [1.165, 1.54) is 0 Å². The van der Waals surface area contributed by atoms with Gasteiger partial charge in [0.25, 0.3) is 0 Å². The van der Waals surface area contributed by atoms with Crippen molar-refractivity contribution in [3.63, 3.8) is 0 Å². The standard InChI is InChI=1S/3C4H9O.O.V/c3*1-4(2,3)5;;/h3*1-3H3;;/q3*-1;-2;. The number of hydrogen-bond acceptors (Lipinski definition) is 3. The van der Waals surface area contributed by atoms with Crippen LogP contribution < -0.4 is 15.3 Å². The zero-order valence-electron chi connectivity index (χ0n) is 12.6. The minimum absolute atomic E-state index is 0. The van der Waals surface area contributed by atoms with E-state index < -0.39 is 16.8 Å². The minimum Gasteiger partial charge on any atom is -2.00 e. The molecule has 1 radical (unpaired) electrons. The molecule has 0 aromatic heterocycles. The molecule has 5 heteroatoms. The molecule has 0 N–H and O–H groups in total. The second kappa shape index (κ2) is 11.5. The normalized spacial score (nSPS) is 10.6. The second-order valence-corrected chi connectivity index (χ2v) is 6.34. The van der Waals surface area contributed by atoms with Gasteiger partial charge in [0.15, 0.2) is 0 Å². The quantitative estimate of drug-likeness (QED) is 0.641. The summed E-state index contributed by atoms with van der Waals surface area (Å²) in [5, 5.41) is 30.3. The van der Waals surface area contributed by atoms with Crippen molar-refractivity contribution in [2.45, 2.75) is 79.1 Å². The van der Waals surface area contributed by atoms with Crippen molar-refractivity contribution < 1.29 is 39.4 Å². The van der Waals surface area contributed by atoms with Gasteiger partial charge < -0.3 is 20.8 Å². The summed E-state index contributed by atoms with van der Waals surface area (Å²) < 4.78 is 0. The van der Waals surface area contributed by atoms with E-state index in [-0.39, 0.29) is 24.0 Å². The Kier molecular flexibility index (Phi) is 20.6. The van der Waals surface area contributed by atoms with Crippen molar-refractivity contribution in [3.8, 4) is 0 Å². The summed E-state index contributed by atoms with van der Waals surface area (Å²) in [6.07, 6.45) is 0. The third-order valence-electron chi connectivity index (χ3n) is 0.